The second kappa shape index (κ2) is 8.11. The highest BCUT2D eigenvalue weighted by atomic mass is 16.2. The normalized spacial score (nSPS) is 10.1. The van der Waals surface area contributed by atoms with E-state index in [0.29, 0.717) is 31.2 Å². The van der Waals surface area contributed by atoms with E-state index >= 15 is 0 Å². The highest BCUT2D eigenvalue weighted by Crippen LogP contribution is 2.16. The Morgan fingerprint density at radius 2 is 2.25 bits per heavy atom. The van der Waals surface area contributed by atoms with Crippen LogP contribution in [0.2, 0.25) is 0 Å². The first-order chi connectivity index (χ1) is 9.58. The number of anilines is 2. The molecule has 1 heterocycles. The van der Waals surface area contributed by atoms with Crippen LogP contribution in [0.15, 0.2) is 18.5 Å². The van der Waals surface area contributed by atoms with Crippen molar-refractivity contribution >= 4 is 17.7 Å². The Morgan fingerprint density at radius 1 is 1.50 bits per heavy atom. The van der Waals surface area contributed by atoms with Gasteiger partial charge >= 0.3 is 0 Å². The Balaban J connectivity index is 2.81. The van der Waals surface area contributed by atoms with Crippen molar-refractivity contribution in [3.8, 4) is 0 Å². The van der Waals surface area contributed by atoms with Gasteiger partial charge in [-0.25, -0.2) is 4.98 Å². The number of hydrogen-bond donors (Lipinski definition) is 4. The summed E-state index contributed by atoms with van der Waals surface area (Å²) in [5, 5.41) is 14.7. The number of primary amides is 1. The van der Waals surface area contributed by atoms with Crippen molar-refractivity contribution in [1.82, 2.24) is 9.97 Å². The molecular weight excluding hydrogens is 258 g/mol. The molecule has 1 aromatic heterocycles. The molecule has 5 N–H and O–H groups in total. The molecule has 0 fully saturated rings. The van der Waals surface area contributed by atoms with Gasteiger partial charge in [-0.3, -0.25) is 4.79 Å². The maximum atomic E-state index is 11.3. The number of allylic oxidation sites excluding steroid dienone is 1. The molecule has 110 valence electrons. The van der Waals surface area contributed by atoms with Crippen molar-refractivity contribution in [2.45, 2.75) is 26.2 Å². The minimum Gasteiger partial charge on any atom is -0.396 e. The first kappa shape index (κ1) is 15.9. The average molecular weight is 279 g/mol. The largest absolute Gasteiger partial charge is 0.396 e. The number of hydrogen-bond acceptors (Lipinski definition) is 6. The summed E-state index contributed by atoms with van der Waals surface area (Å²) < 4.78 is 0. The number of nitrogens with two attached hydrogens (primary N) is 1. The zero-order valence-electron chi connectivity index (χ0n) is 11.6. The number of amides is 1. The van der Waals surface area contributed by atoms with Crippen molar-refractivity contribution in [1.29, 1.82) is 0 Å². The Morgan fingerprint density at radius 3 is 2.85 bits per heavy atom. The lowest BCUT2D eigenvalue weighted by Gasteiger charge is -2.12. The van der Waals surface area contributed by atoms with Gasteiger partial charge in [0.05, 0.1) is 0 Å². The molecular formula is C13H21N5O2. The van der Waals surface area contributed by atoms with Crippen LogP contribution in [0, 0.1) is 0 Å². The van der Waals surface area contributed by atoms with E-state index < -0.39 is 5.91 Å². The standard InChI is InChI=1S/C13H21N5O2/c1-3-9(2)17-12-10(11(14)20)8-16-13(18-12)15-6-4-5-7-19/h8,19H,2-7H2,1H3,(H2,14,20)(H2,15,16,17,18). The van der Waals surface area contributed by atoms with Gasteiger partial charge in [-0.2, -0.15) is 4.98 Å². The maximum Gasteiger partial charge on any atom is 0.254 e. The molecule has 0 radical (unpaired) electrons. The predicted octanol–water partition coefficient (Wildman–Crippen LogP) is 1.10. The molecule has 0 aliphatic heterocycles. The van der Waals surface area contributed by atoms with Crippen molar-refractivity contribution in [2.24, 2.45) is 5.73 Å². The highest BCUT2D eigenvalue weighted by Gasteiger charge is 2.12. The van der Waals surface area contributed by atoms with Crippen LogP contribution < -0.4 is 16.4 Å². The van der Waals surface area contributed by atoms with E-state index in [-0.39, 0.29) is 12.2 Å². The first-order valence-electron chi connectivity index (χ1n) is 6.54. The van der Waals surface area contributed by atoms with E-state index in [1.54, 1.807) is 0 Å². The topological polar surface area (TPSA) is 113 Å². The summed E-state index contributed by atoms with van der Waals surface area (Å²) in [7, 11) is 0. The van der Waals surface area contributed by atoms with E-state index in [0.717, 1.165) is 12.1 Å². The number of nitrogens with one attached hydrogen (secondary N) is 2. The summed E-state index contributed by atoms with van der Waals surface area (Å²) in [4.78, 5) is 19.6. The Bertz CT molecular complexity index is 476. The number of aromatic nitrogens is 2. The average Bonchev–Trinajstić information content (AvgIpc) is 2.43. The lowest BCUT2D eigenvalue weighted by Crippen LogP contribution is -2.17. The van der Waals surface area contributed by atoms with Crippen LogP contribution in [0.5, 0.6) is 0 Å². The van der Waals surface area contributed by atoms with Crippen LogP contribution in [-0.4, -0.2) is 34.1 Å². The molecule has 0 spiro atoms. The molecule has 1 aromatic rings. The molecule has 0 aliphatic carbocycles. The summed E-state index contributed by atoms with van der Waals surface area (Å²) in [6.07, 6.45) is 3.61. The van der Waals surface area contributed by atoms with Crippen molar-refractivity contribution < 1.29 is 9.90 Å². The quantitative estimate of drug-likeness (QED) is 0.503. The van der Waals surface area contributed by atoms with Gasteiger partial charge in [0.2, 0.25) is 5.95 Å². The van der Waals surface area contributed by atoms with Crippen LogP contribution >= 0.6 is 0 Å². The second-order valence-corrected chi connectivity index (χ2v) is 4.26. The Labute approximate surface area is 118 Å². The summed E-state index contributed by atoms with van der Waals surface area (Å²) in [5.41, 5.74) is 6.24. The first-order valence-corrected chi connectivity index (χ1v) is 6.54. The number of aliphatic hydroxyl groups is 1. The predicted molar refractivity (Wildman–Crippen MR) is 78.4 cm³/mol. The van der Waals surface area contributed by atoms with E-state index in [1.807, 2.05) is 6.92 Å². The molecule has 0 atom stereocenters. The summed E-state index contributed by atoms with van der Waals surface area (Å²) >= 11 is 0. The van der Waals surface area contributed by atoms with Crippen LogP contribution in [0.25, 0.3) is 0 Å². The molecule has 0 saturated carbocycles. The fraction of sp³-hybridized carbons (Fsp3) is 0.462. The van der Waals surface area contributed by atoms with Crippen LogP contribution in [0.4, 0.5) is 11.8 Å². The Kier molecular flexibility index (Phi) is 6.45. The van der Waals surface area contributed by atoms with E-state index in [2.05, 4.69) is 27.2 Å². The maximum absolute atomic E-state index is 11.3. The molecule has 0 aromatic carbocycles. The molecule has 0 aliphatic rings. The third-order valence-corrected chi connectivity index (χ3v) is 2.64. The van der Waals surface area contributed by atoms with Gasteiger partial charge in [0.15, 0.2) is 0 Å². The van der Waals surface area contributed by atoms with Gasteiger partial charge in [-0.15, -0.1) is 0 Å². The number of aliphatic hydroxyl groups excluding tert-OH is 1. The molecule has 1 amide bonds. The summed E-state index contributed by atoms with van der Waals surface area (Å²) in [5.74, 6) is 0.159. The summed E-state index contributed by atoms with van der Waals surface area (Å²) in [6.45, 7) is 6.55. The monoisotopic (exact) mass is 279 g/mol. The van der Waals surface area contributed by atoms with Gasteiger partial charge < -0.3 is 21.5 Å². The molecule has 0 bridgehead atoms. The lowest BCUT2D eigenvalue weighted by atomic mass is 10.2. The second-order valence-electron chi connectivity index (χ2n) is 4.26. The van der Waals surface area contributed by atoms with Gasteiger partial charge in [0.1, 0.15) is 11.4 Å². The van der Waals surface area contributed by atoms with Crippen LogP contribution in [0.3, 0.4) is 0 Å². The van der Waals surface area contributed by atoms with Crippen LogP contribution in [0.1, 0.15) is 36.5 Å². The smallest absolute Gasteiger partial charge is 0.254 e. The fourth-order valence-corrected chi connectivity index (χ4v) is 1.44. The lowest BCUT2D eigenvalue weighted by molar-refractivity contribution is 0.100. The number of nitrogens with zero attached hydrogens (tertiary/aromatic N) is 2. The number of rotatable bonds is 9. The van der Waals surface area contributed by atoms with E-state index in [9.17, 15) is 4.79 Å². The van der Waals surface area contributed by atoms with E-state index in [4.69, 9.17) is 10.8 Å². The zero-order chi connectivity index (χ0) is 15.0. The molecule has 20 heavy (non-hydrogen) atoms. The SMILES string of the molecule is C=C(CC)Nc1nc(NCCCCO)ncc1C(N)=O. The minimum absolute atomic E-state index is 0.159. The highest BCUT2D eigenvalue weighted by molar-refractivity contribution is 5.97. The Hall–Kier alpha value is -2.15. The van der Waals surface area contributed by atoms with Gasteiger partial charge in [-0.1, -0.05) is 13.5 Å². The van der Waals surface area contributed by atoms with Crippen molar-refractivity contribution in [3.05, 3.63) is 24.0 Å². The molecule has 0 saturated heterocycles. The summed E-state index contributed by atoms with van der Waals surface area (Å²) in [6, 6.07) is 0. The number of carbonyl (C=O) groups is 1. The number of unbranched alkanes of at least 4 members (excludes halogenated alkanes) is 1. The van der Waals surface area contributed by atoms with E-state index in [1.165, 1.54) is 6.20 Å². The molecule has 7 heteroatoms. The van der Waals surface area contributed by atoms with Crippen molar-refractivity contribution in [2.75, 3.05) is 23.8 Å². The molecule has 1 rings (SSSR count). The van der Waals surface area contributed by atoms with Gasteiger partial charge in [0, 0.05) is 25.0 Å². The number of carbonyl (C=O) groups excluding carboxylic acids is 1. The third kappa shape index (κ3) is 4.85. The molecule has 0 unspecified atom stereocenters. The molecule has 7 nitrogen and oxygen atoms in total. The third-order valence-electron chi connectivity index (χ3n) is 2.64. The van der Waals surface area contributed by atoms with Gasteiger partial charge in [-0.05, 0) is 19.3 Å². The van der Waals surface area contributed by atoms with Gasteiger partial charge in [0.25, 0.3) is 5.91 Å². The zero-order valence-corrected chi connectivity index (χ0v) is 11.6. The minimum atomic E-state index is -0.594. The fourth-order valence-electron chi connectivity index (χ4n) is 1.44. The van der Waals surface area contributed by atoms with Crippen LogP contribution in [-0.2, 0) is 0 Å². The van der Waals surface area contributed by atoms with Crippen molar-refractivity contribution in [3.63, 3.8) is 0 Å².